The van der Waals surface area contributed by atoms with E-state index in [9.17, 15) is 9.18 Å². The SMILES string of the molecule is Cc1c(N(C)C(=O)c2ccnn2C)ccc(Br)c1F. The lowest BCUT2D eigenvalue weighted by Gasteiger charge is -2.20. The largest absolute Gasteiger partial charge is 0.310 e. The summed E-state index contributed by atoms with van der Waals surface area (Å²) in [7, 11) is 3.31. The molecule has 1 heterocycles. The molecule has 0 spiro atoms. The third kappa shape index (κ3) is 2.40. The molecule has 0 aliphatic rings. The van der Waals surface area contributed by atoms with E-state index in [1.807, 2.05) is 0 Å². The van der Waals surface area contributed by atoms with Gasteiger partial charge in [-0.25, -0.2) is 4.39 Å². The summed E-state index contributed by atoms with van der Waals surface area (Å²) in [6, 6.07) is 4.92. The molecule has 0 saturated heterocycles. The normalized spacial score (nSPS) is 10.6. The number of carbonyl (C=O) groups excluding carboxylic acids is 1. The molecule has 4 nitrogen and oxygen atoms in total. The maximum atomic E-state index is 13.8. The highest BCUT2D eigenvalue weighted by atomic mass is 79.9. The molecule has 2 aromatic rings. The van der Waals surface area contributed by atoms with Crippen molar-refractivity contribution >= 4 is 27.5 Å². The summed E-state index contributed by atoms with van der Waals surface area (Å²) in [6.07, 6.45) is 1.55. The van der Waals surface area contributed by atoms with Crippen LogP contribution in [0.1, 0.15) is 16.1 Å². The van der Waals surface area contributed by atoms with Gasteiger partial charge in [0.25, 0.3) is 5.91 Å². The highest BCUT2D eigenvalue weighted by Gasteiger charge is 2.20. The molecule has 1 amide bonds. The fourth-order valence-corrected chi connectivity index (χ4v) is 2.30. The van der Waals surface area contributed by atoms with E-state index in [-0.39, 0.29) is 11.7 Å². The minimum Gasteiger partial charge on any atom is -0.310 e. The number of aryl methyl sites for hydroxylation is 1. The number of halogens is 2. The van der Waals surface area contributed by atoms with Gasteiger partial charge in [-0.2, -0.15) is 5.10 Å². The van der Waals surface area contributed by atoms with Crippen LogP contribution in [-0.2, 0) is 7.05 Å². The van der Waals surface area contributed by atoms with E-state index in [0.717, 1.165) is 0 Å². The standard InChI is InChI=1S/C13H13BrFN3O/c1-8-10(5-4-9(14)12(8)15)17(2)13(19)11-6-7-16-18(11)3/h4-7H,1-3H3. The fourth-order valence-electron chi connectivity index (χ4n) is 1.87. The van der Waals surface area contributed by atoms with Crippen molar-refractivity contribution in [2.75, 3.05) is 11.9 Å². The van der Waals surface area contributed by atoms with E-state index < -0.39 is 0 Å². The van der Waals surface area contributed by atoms with Crippen molar-refractivity contribution in [2.24, 2.45) is 7.05 Å². The topological polar surface area (TPSA) is 38.1 Å². The Labute approximate surface area is 119 Å². The average Bonchev–Trinajstić information content (AvgIpc) is 2.81. The molecule has 1 aromatic heterocycles. The van der Waals surface area contributed by atoms with Gasteiger partial charge in [-0.05, 0) is 41.1 Å². The Morgan fingerprint density at radius 3 is 2.68 bits per heavy atom. The second-order valence-corrected chi connectivity index (χ2v) is 5.06. The molecular formula is C13H13BrFN3O. The molecule has 0 aliphatic carbocycles. The summed E-state index contributed by atoms with van der Waals surface area (Å²) in [6.45, 7) is 1.64. The van der Waals surface area contributed by atoms with Gasteiger partial charge < -0.3 is 4.90 Å². The van der Waals surface area contributed by atoms with E-state index in [4.69, 9.17) is 0 Å². The molecule has 0 saturated carbocycles. The molecule has 0 unspecified atom stereocenters. The van der Waals surface area contributed by atoms with Gasteiger partial charge in [0.05, 0.1) is 4.47 Å². The number of nitrogens with zero attached hydrogens (tertiary/aromatic N) is 3. The molecule has 0 bridgehead atoms. The number of anilines is 1. The Morgan fingerprint density at radius 1 is 1.42 bits per heavy atom. The Morgan fingerprint density at radius 2 is 2.11 bits per heavy atom. The van der Waals surface area contributed by atoms with Crippen LogP contribution in [0.4, 0.5) is 10.1 Å². The van der Waals surface area contributed by atoms with Crippen molar-refractivity contribution in [3.8, 4) is 0 Å². The van der Waals surface area contributed by atoms with Crippen molar-refractivity contribution in [1.82, 2.24) is 9.78 Å². The van der Waals surface area contributed by atoms with Crippen LogP contribution in [0.5, 0.6) is 0 Å². The lowest BCUT2D eigenvalue weighted by atomic mass is 10.1. The lowest BCUT2D eigenvalue weighted by Crippen LogP contribution is -2.29. The molecule has 1 aromatic carbocycles. The zero-order valence-corrected chi connectivity index (χ0v) is 12.4. The van der Waals surface area contributed by atoms with Gasteiger partial charge in [0.15, 0.2) is 0 Å². The van der Waals surface area contributed by atoms with Crippen molar-refractivity contribution < 1.29 is 9.18 Å². The summed E-state index contributed by atoms with van der Waals surface area (Å²) < 4.78 is 15.7. The molecule has 100 valence electrons. The van der Waals surface area contributed by atoms with Crippen LogP contribution >= 0.6 is 15.9 Å². The van der Waals surface area contributed by atoms with E-state index in [1.165, 1.54) is 9.58 Å². The molecule has 0 atom stereocenters. The first kappa shape index (κ1) is 13.7. The van der Waals surface area contributed by atoms with Crippen molar-refractivity contribution in [3.63, 3.8) is 0 Å². The summed E-state index contributed by atoms with van der Waals surface area (Å²) in [5.41, 5.74) is 1.41. The first-order valence-electron chi connectivity index (χ1n) is 5.64. The molecule has 2 rings (SSSR count). The van der Waals surface area contributed by atoms with E-state index in [2.05, 4.69) is 21.0 Å². The van der Waals surface area contributed by atoms with Crippen LogP contribution in [-0.4, -0.2) is 22.7 Å². The Kier molecular flexibility index (Phi) is 3.71. The zero-order valence-electron chi connectivity index (χ0n) is 10.8. The second kappa shape index (κ2) is 5.13. The van der Waals surface area contributed by atoms with Crippen molar-refractivity contribution in [1.29, 1.82) is 0 Å². The molecule has 0 radical (unpaired) electrons. The van der Waals surface area contributed by atoms with Crippen LogP contribution in [0.15, 0.2) is 28.9 Å². The van der Waals surface area contributed by atoms with Gasteiger partial charge in [0.1, 0.15) is 11.5 Å². The monoisotopic (exact) mass is 325 g/mol. The highest BCUT2D eigenvalue weighted by Crippen LogP contribution is 2.28. The van der Waals surface area contributed by atoms with E-state index in [1.54, 1.807) is 45.4 Å². The number of rotatable bonds is 2. The second-order valence-electron chi connectivity index (χ2n) is 4.21. The van der Waals surface area contributed by atoms with Gasteiger partial charge in [-0.1, -0.05) is 0 Å². The summed E-state index contributed by atoms with van der Waals surface area (Å²) in [5.74, 6) is -0.591. The Bertz CT molecular complexity index is 639. The molecule has 19 heavy (non-hydrogen) atoms. The number of benzene rings is 1. The number of amides is 1. The lowest BCUT2D eigenvalue weighted by molar-refractivity contribution is 0.0984. The summed E-state index contributed by atoms with van der Waals surface area (Å²) >= 11 is 3.12. The minimum atomic E-state index is -0.359. The van der Waals surface area contributed by atoms with Gasteiger partial charge >= 0.3 is 0 Å². The average molecular weight is 326 g/mol. The molecule has 0 aliphatic heterocycles. The summed E-state index contributed by atoms with van der Waals surface area (Å²) in [4.78, 5) is 13.7. The van der Waals surface area contributed by atoms with Gasteiger partial charge in [-0.3, -0.25) is 9.48 Å². The minimum absolute atomic E-state index is 0.232. The number of carbonyl (C=O) groups is 1. The number of hydrogen-bond donors (Lipinski definition) is 0. The van der Waals surface area contributed by atoms with Gasteiger partial charge in [-0.15, -0.1) is 0 Å². The number of hydrogen-bond acceptors (Lipinski definition) is 2. The number of aromatic nitrogens is 2. The zero-order chi connectivity index (χ0) is 14.2. The predicted octanol–water partition coefficient (Wildman–Crippen LogP) is 2.91. The molecule has 6 heteroatoms. The Hall–Kier alpha value is -1.69. The Balaban J connectivity index is 2.40. The van der Waals surface area contributed by atoms with Gasteiger partial charge in [0.2, 0.25) is 0 Å². The highest BCUT2D eigenvalue weighted by molar-refractivity contribution is 9.10. The molecular weight excluding hydrogens is 313 g/mol. The molecule has 0 N–H and O–H groups in total. The fraction of sp³-hybridized carbons (Fsp3) is 0.231. The van der Waals surface area contributed by atoms with E-state index in [0.29, 0.717) is 21.4 Å². The maximum absolute atomic E-state index is 13.8. The van der Waals surface area contributed by atoms with Crippen molar-refractivity contribution in [2.45, 2.75) is 6.92 Å². The first-order valence-corrected chi connectivity index (χ1v) is 6.43. The van der Waals surface area contributed by atoms with Crippen LogP contribution < -0.4 is 4.90 Å². The first-order chi connectivity index (χ1) is 8.93. The van der Waals surface area contributed by atoms with Crippen LogP contribution in [0.3, 0.4) is 0 Å². The molecule has 0 fully saturated rings. The maximum Gasteiger partial charge on any atom is 0.276 e. The third-order valence-corrected chi connectivity index (χ3v) is 3.63. The van der Waals surface area contributed by atoms with Crippen molar-refractivity contribution in [3.05, 3.63) is 45.9 Å². The van der Waals surface area contributed by atoms with Crippen LogP contribution in [0.25, 0.3) is 0 Å². The van der Waals surface area contributed by atoms with Crippen LogP contribution in [0, 0.1) is 12.7 Å². The smallest absolute Gasteiger partial charge is 0.276 e. The third-order valence-electron chi connectivity index (χ3n) is 3.02. The van der Waals surface area contributed by atoms with Gasteiger partial charge in [0, 0.05) is 31.5 Å². The quantitative estimate of drug-likeness (QED) is 0.851. The van der Waals surface area contributed by atoms with Crippen LogP contribution in [0.2, 0.25) is 0 Å². The summed E-state index contributed by atoms with van der Waals surface area (Å²) in [5, 5.41) is 3.96. The predicted molar refractivity (Wildman–Crippen MR) is 74.8 cm³/mol. The van der Waals surface area contributed by atoms with E-state index >= 15 is 0 Å².